The second-order valence-electron chi connectivity index (χ2n) is 4.32. The minimum absolute atomic E-state index is 0.178. The molecular weight excluding hydrogens is 258 g/mol. The minimum atomic E-state index is -0.684. The first-order valence-electron chi connectivity index (χ1n) is 6.24. The average molecular weight is 275 g/mol. The third-order valence-electron chi connectivity index (χ3n) is 2.75. The highest BCUT2D eigenvalue weighted by Gasteiger charge is 2.13. The zero-order valence-electron chi connectivity index (χ0n) is 11.2. The van der Waals surface area contributed by atoms with Crippen LogP contribution in [0.15, 0.2) is 40.9 Å². The lowest BCUT2D eigenvalue weighted by Gasteiger charge is -2.09. The Morgan fingerprint density at radius 3 is 2.90 bits per heavy atom. The summed E-state index contributed by atoms with van der Waals surface area (Å²) in [5.41, 5.74) is 7.30. The summed E-state index contributed by atoms with van der Waals surface area (Å²) >= 11 is 0. The monoisotopic (exact) mass is 275 g/mol. The van der Waals surface area contributed by atoms with Gasteiger partial charge in [-0.25, -0.2) is 0 Å². The van der Waals surface area contributed by atoms with Gasteiger partial charge in [0, 0.05) is 18.7 Å². The van der Waals surface area contributed by atoms with Crippen molar-refractivity contribution in [2.45, 2.75) is 12.6 Å². The van der Waals surface area contributed by atoms with Crippen molar-refractivity contribution in [2.24, 2.45) is 5.73 Å². The third-order valence-corrected chi connectivity index (χ3v) is 2.75. The number of amides is 1. The van der Waals surface area contributed by atoms with Crippen LogP contribution in [0.5, 0.6) is 0 Å². The van der Waals surface area contributed by atoms with Gasteiger partial charge in [0.25, 0.3) is 0 Å². The van der Waals surface area contributed by atoms with Gasteiger partial charge in [-0.3, -0.25) is 4.79 Å². The summed E-state index contributed by atoms with van der Waals surface area (Å²) < 4.78 is 9.99. The highest BCUT2D eigenvalue weighted by molar-refractivity contribution is 5.81. The topological polar surface area (TPSA) is 90.4 Å². The number of aromatic nitrogens is 1. The maximum atomic E-state index is 11.6. The molecule has 1 aromatic heterocycles. The molecule has 106 valence electrons. The van der Waals surface area contributed by atoms with E-state index in [-0.39, 0.29) is 19.1 Å². The van der Waals surface area contributed by atoms with Crippen molar-refractivity contribution in [3.8, 4) is 11.3 Å². The minimum Gasteiger partial charge on any atom is -0.383 e. The van der Waals surface area contributed by atoms with Gasteiger partial charge in [0.05, 0.1) is 13.2 Å². The Morgan fingerprint density at radius 1 is 1.45 bits per heavy atom. The Hall–Kier alpha value is -2.18. The van der Waals surface area contributed by atoms with E-state index >= 15 is 0 Å². The summed E-state index contributed by atoms with van der Waals surface area (Å²) in [5, 5.41) is 6.63. The Labute approximate surface area is 116 Å². The molecule has 1 amide bonds. The normalized spacial score (nSPS) is 12.1. The van der Waals surface area contributed by atoms with Crippen LogP contribution in [0.4, 0.5) is 0 Å². The number of methoxy groups -OCH3 is 1. The number of rotatable bonds is 6. The summed E-state index contributed by atoms with van der Waals surface area (Å²) in [5.74, 6) is 0.284. The highest BCUT2D eigenvalue weighted by atomic mass is 16.5. The van der Waals surface area contributed by atoms with Gasteiger partial charge in [-0.05, 0) is 0 Å². The van der Waals surface area contributed by atoms with Gasteiger partial charge in [-0.1, -0.05) is 35.5 Å². The fourth-order valence-electron chi connectivity index (χ4n) is 1.70. The van der Waals surface area contributed by atoms with E-state index in [0.29, 0.717) is 5.76 Å². The van der Waals surface area contributed by atoms with Crippen LogP contribution in [-0.2, 0) is 16.1 Å². The summed E-state index contributed by atoms with van der Waals surface area (Å²) in [7, 11) is 1.50. The molecule has 0 saturated heterocycles. The molecule has 1 unspecified atom stereocenters. The van der Waals surface area contributed by atoms with Gasteiger partial charge in [0.15, 0.2) is 5.76 Å². The maximum Gasteiger partial charge on any atom is 0.239 e. The molecule has 2 rings (SSSR count). The van der Waals surface area contributed by atoms with Crippen LogP contribution in [0.2, 0.25) is 0 Å². The number of carbonyl (C=O) groups is 1. The standard InChI is InChI=1S/C14H17N3O3/c1-19-9-12(15)14(18)16-8-11-7-13(17-20-11)10-5-3-2-4-6-10/h2-7,12H,8-9,15H2,1H3,(H,16,18). The molecule has 1 atom stereocenters. The maximum absolute atomic E-state index is 11.6. The molecule has 0 bridgehead atoms. The van der Waals surface area contributed by atoms with E-state index in [9.17, 15) is 4.79 Å². The first-order valence-corrected chi connectivity index (χ1v) is 6.24. The van der Waals surface area contributed by atoms with Crippen LogP contribution in [0.3, 0.4) is 0 Å². The molecule has 2 aromatic rings. The number of ether oxygens (including phenoxy) is 1. The SMILES string of the molecule is COCC(N)C(=O)NCc1cc(-c2ccccc2)no1. The van der Waals surface area contributed by atoms with E-state index in [1.165, 1.54) is 7.11 Å². The third kappa shape index (κ3) is 3.66. The molecule has 0 radical (unpaired) electrons. The van der Waals surface area contributed by atoms with Crippen LogP contribution >= 0.6 is 0 Å². The van der Waals surface area contributed by atoms with Gasteiger partial charge < -0.3 is 20.3 Å². The first kappa shape index (κ1) is 14.2. The summed E-state index contributed by atoms with van der Waals surface area (Å²) in [6, 6.07) is 10.8. The molecule has 1 heterocycles. The second kappa shape index (κ2) is 6.83. The zero-order valence-corrected chi connectivity index (χ0v) is 11.2. The van der Waals surface area contributed by atoms with Crippen LogP contribution in [0.1, 0.15) is 5.76 Å². The Bertz CT molecular complexity index is 554. The van der Waals surface area contributed by atoms with Gasteiger partial charge >= 0.3 is 0 Å². The molecule has 0 fully saturated rings. The second-order valence-corrected chi connectivity index (χ2v) is 4.32. The van der Waals surface area contributed by atoms with Crippen molar-refractivity contribution in [2.75, 3.05) is 13.7 Å². The summed E-state index contributed by atoms with van der Waals surface area (Å²) in [6.45, 7) is 0.424. The highest BCUT2D eigenvalue weighted by Crippen LogP contribution is 2.18. The molecule has 6 nitrogen and oxygen atoms in total. The zero-order chi connectivity index (χ0) is 14.4. The fourth-order valence-corrected chi connectivity index (χ4v) is 1.70. The van der Waals surface area contributed by atoms with Crippen molar-refractivity contribution in [3.05, 3.63) is 42.2 Å². The first-order chi connectivity index (χ1) is 9.70. The number of nitrogens with two attached hydrogens (primary N) is 1. The van der Waals surface area contributed by atoms with Gasteiger partial charge in [-0.2, -0.15) is 0 Å². The van der Waals surface area contributed by atoms with Crippen LogP contribution in [0.25, 0.3) is 11.3 Å². The number of benzene rings is 1. The molecule has 0 aliphatic rings. The van der Waals surface area contributed by atoms with Crippen molar-refractivity contribution in [1.29, 1.82) is 0 Å². The number of hydrogen-bond donors (Lipinski definition) is 2. The van der Waals surface area contributed by atoms with Crippen molar-refractivity contribution in [1.82, 2.24) is 10.5 Å². The summed E-state index contributed by atoms with van der Waals surface area (Å²) in [6.07, 6.45) is 0. The molecule has 1 aromatic carbocycles. The predicted molar refractivity (Wildman–Crippen MR) is 73.6 cm³/mol. The van der Waals surface area contributed by atoms with Crippen molar-refractivity contribution >= 4 is 5.91 Å². The van der Waals surface area contributed by atoms with Crippen LogP contribution in [-0.4, -0.2) is 30.8 Å². The quantitative estimate of drug-likeness (QED) is 0.818. The molecule has 0 aliphatic heterocycles. The van der Waals surface area contributed by atoms with Crippen molar-refractivity contribution in [3.63, 3.8) is 0 Å². The van der Waals surface area contributed by atoms with E-state index in [4.69, 9.17) is 15.0 Å². The van der Waals surface area contributed by atoms with Crippen LogP contribution in [0, 0.1) is 0 Å². The lowest BCUT2D eigenvalue weighted by molar-refractivity contribution is -0.123. The van der Waals surface area contributed by atoms with Crippen LogP contribution < -0.4 is 11.1 Å². The molecule has 20 heavy (non-hydrogen) atoms. The largest absolute Gasteiger partial charge is 0.383 e. The lowest BCUT2D eigenvalue weighted by Crippen LogP contribution is -2.43. The van der Waals surface area contributed by atoms with E-state index in [1.807, 2.05) is 30.3 Å². The number of nitrogens with one attached hydrogen (secondary N) is 1. The Morgan fingerprint density at radius 2 is 2.20 bits per heavy atom. The number of carbonyl (C=O) groups excluding carboxylic acids is 1. The van der Waals surface area contributed by atoms with Crippen molar-refractivity contribution < 1.29 is 14.1 Å². The lowest BCUT2D eigenvalue weighted by atomic mass is 10.1. The Kier molecular flexibility index (Phi) is 4.86. The molecule has 3 N–H and O–H groups in total. The average Bonchev–Trinajstić information content (AvgIpc) is 2.95. The molecule has 0 saturated carbocycles. The summed E-state index contributed by atoms with van der Waals surface area (Å²) in [4.78, 5) is 11.6. The van der Waals surface area contributed by atoms with Gasteiger partial charge in [0.2, 0.25) is 5.91 Å². The number of hydrogen-bond acceptors (Lipinski definition) is 5. The van der Waals surface area contributed by atoms with E-state index < -0.39 is 6.04 Å². The van der Waals surface area contributed by atoms with E-state index in [2.05, 4.69) is 10.5 Å². The van der Waals surface area contributed by atoms with Gasteiger partial charge in [0.1, 0.15) is 11.7 Å². The molecule has 0 spiro atoms. The molecule has 0 aliphatic carbocycles. The fraction of sp³-hybridized carbons (Fsp3) is 0.286. The molecular formula is C14H17N3O3. The van der Waals surface area contributed by atoms with E-state index in [1.54, 1.807) is 6.07 Å². The Balaban J connectivity index is 1.92. The predicted octanol–water partition coefficient (Wildman–Crippen LogP) is 0.931. The number of nitrogens with zero attached hydrogens (tertiary/aromatic N) is 1. The smallest absolute Gasteiger partial charge is 0.239 e. The molecule has 6 heteroatoms. The van der Waals surface area contributed by atoms with E-state index in [0.717, 1.165) is 11.3 Å². The van der Waals surface area contributed by atoms with Gasteiger partial charge in [-0.15, -0.1) is 0 Å².